The molecular formula is C25H32N2O5S. The molecule has 0 fully saturated rings. The molecule has 0 unspecified atom stereocenters. The normalized spacial score (nSPS) is 12.4. The minimum atomic E-state index is -1.10. The van der Waals surface area contributed by atoms with Crippen molar-refractivity contribution in [2.24, 2.45) is 0 Å². The van der Waals surface area contributed by atoms with Gasteiger partial charge in [-0.05, 0) is 54.7 Å². The zero-order valence-corrected chi connectivity index (χ0v) is 19.9. The third-order valence-electron chi connectivity index (χ3n) is 5.01. The first-order valence-electron chi connectivity index (χ1n) is 11.0. The van der Waals surface area contributed by atoms with Crippen LogP contribution in [0, 0.1) is 0 Å². The van der Waals surface area contributed by atoms with Crippen LogP contribution < -0.4 is 15.4 Å². The number of nitrogens with one attached hydrogen (secondary N) is 2. The van der Waals surface area contributed by atoms with E-state index in [0.717, 1.165) is 18.4 Å². The fraction of sp³-hybridized carbons (Fsp3) is 0.400. The van der Waals surface area contributed by atoms with E-state index < -0.39 is 29.9 Å². The molecule has 178 valence electrons. The topological polar surface area (TPSA) is 105 Å². The molecule has 33 heavy (non-hydrogen) atoms. The van der Waals surface area contributed by atoms with E-state index in [-0.39, 0.29) is 6.42 Å². The highest BCUT2D eigenvalue weighted by Crippen LogP contribution is 2.14. The molecule has 0 aliphatic carbocycles. The minimum absolute atomic E-state index is 0.242. The van der Waals surface area contributed by atoms with Crippen LogP contribution in [-0.2, 0) is 16.0 Å². The van der Waals surface area contributed by atoms with Crippen molar-refractivity contribution >= 4 is 29.5 Å². The lowest BCUT2D eigenvalue weighted by Gasteiger charge is -2.22. The average molecular weight is 473 g/mol. The third-order valence-corrected chi connectivity index (χ3v) is 5.66. The molecule has 0 radical (unpaired) electrons. The van der Waals surface area contributed by atoms with Crippen molar-refractivity contribution < 1.29 is 24.2 Å². The van der Waals surface area contributed by atoms with Gasteiger partial charge in [-0.1, -0.05) is 43.7 Å². The molecule has 2 rings (SSSR count). The number of benzene rings is 2. The second-order valence-electron chi connectivity index (χ2n) is 7.62. The third kappa shape index (κ3) is 9.18. The van der Waals surface area contributed by atoms with E-state index in [4.69, 9.17) is 4.74 Å². The zero-order valence-electron chi connectivity index (χ0n) is 19.1. The molecule has 0 bridgehead atoms. The Morgan fingerprint density at radius 3 is 2.30 bits per heavy atom. The van der Waals surface area contributed by atoms with Crippen LogP contribution in [0.2, 0.25) is 0 Å². The zero-order chi connectivity index (χ0) is 24.1. The predicted octanol–water partition coefficient (Wildman–Crippen LogP) is 3.53. The van der Waals surface area contributed by atoms with E-state index >= 15 is 0 Å². The van der Waals surface area contributed by atoms with E-state index in [9.17, 15) is 19.5 Å². The largest absolute Gasteiger partial charge is 0.494 e. The number of thioether (sulfide) groups is 1. The highest BCUT2D eigenvalue weighted by atomic mass is 32.2. The lowest BCUT2D eigenvalue weighted by atomic mass is 10.0. The van der Waals surface area contributed by atoms with Crippen LogP contribution >= 0.6 is 11.8 Å². The summed E-state index contributed by atoms with van der Waals surface area (Å²) in [7, 11) is 0. The number of carboxylic acid groups (broad SMARTS) is 1. The fourth-order valence-electron chi connectivity index (χ4n) is 3.10. The van der Waals surface area contributed by atoms with Gasteiger partial charge in [-0.25, -0.2) is 4.79 Å². The Morgan fingerprint density at radius 2 is 1.70 bits per heavy atom. The van der Waals surface area contributed by atoms with Crippen LogP contribution in [0.1, 0.15) is 42.1 Å². The van der Waals surface area contributed by atoms with Crippen molar-refractivity contribution in [3.63, 3.8) is 0 Å². The van der Waals surface area contributed by atoms with E-state index in [2.05, 4.69) is 17.6 Å². The van der Waals surface area contributed by atoms with Crippen molar-refractivity contribution in [1.29, 1.82) is 0 Å². The maximum atomic E-state index is 13.0. The minimum Gasteiger partial charge on any atom is -0.494 e. The standard InChI is InChI=1S/C25H32N2O5S/c1-3-4-15-32-20-12-10-19(11-13-20)23(28)27-22(17-18-8-6-5-7-9-18)24(29)26-21(25(30)31)14-16-33-2/h5-13,21-22H,3-4,14-17H2,1-2H3,(H,26,29)(H,27,28)(H,30,31)/t21-,22+/m1/s1. The Morgan fingerprint density at radius 1 is 1.00 bits per heavy atom. The van der Waals surface area contributed by atoms with Gasteiger partial charge in [-0.15, -0.1) is 0 Å². The number of hydrogen-bond donors (Lipinski definition) is 3. The Hall–Kier alpha value is -3.00. The Balaban J connectivity index is 2.11. The molecule has 2 amide bonds. The van der Waals surface area contributed by atoms with E-state index in [1.165, 1.54) is 11.8 Å². The summed E-state index contributed by atoms with van der Waals surface area (Å²) in [5.74, 6) is -0.764. The molecule has 0 saturated heterocycles. The van der Waals surface area contributed by atoms with Crippen LogP contribution in [0.3, 0.4) is 0 Å². The second-order valence-corrected chi connectivity index (χ2v) is 8.61. The molecular weight excluding hydrogens is 440 g/mol. The fourth-order valence-corrected chi connectivity index (χ4v) is 3.57. The molecule has 2 aromatic carbocycles. The Kier molecular flexibility index (Phi) is 11.3. The molecule has 0 heterocycles. The quantitative estimate of drug-likeness (QED) is 0.363. The summed E-state index contributed by atoms with van der Waals surface area (Å²) in [5.41, 5.74) is 1.24. The molecule has 7 nitrogen and oxygen atoms in total. The molecule has 2 atom stereocenters. The second kappa shape index (κ2) is 14.2. The molecule has 8 heteroatoms. The molecule has 0 aliphatic heterocycles. The van der Waals surface area contributed by atoms with Crippen molar-refractivity contribution in [1.82, 2.24) is 10.6 Å². The summed E-state index contributed by atoms with van der Waals surface area (Å²) in [6.45, 7) is 2.70. The van der Waals surface area contributed by atoms with Gasteiger partial charge in [-0.2, -0.15) is 11.8 Å². The van der Waals surface area contributed by atoms with Crippen molar-refractivity contribution in [2.45, 2.75) is 44.7 Å². The van der Waals surface area contributed by atoms with Gasteiger partial charge in [0.05, 0.1) is 6.61 Å². The lowest BCUT2D eigenvalue weighted by molar-refractivity contribution is -0.142. The SMILES string of the molecule is CCCCOc1ccc(C(=O)N[C@@H](Cc2ccccc2)C(=O)N[C@H](CCSC)C(=O)O)cc1. The Labute approximate surface area is 199 Å². The molecule has 3 N–H and O–H groups in total. The van der Waals surface area contributed by atoms with Crippen molar-refractivity contribution in [2.75, 3.05) is 18.6 Å². The summed E-state index contributed by atoms with van der Waals surface area (Å²) >= 11 is 1.51. The number of carbonyl (C=O) groups excluding carboxylic acids is 2. The summed E-state index contributed by atoms with van der Waals surface area (Å²) < 4.78 is 5.62. The average Bonchev–Trinajstić information content (AvgIpc) is 2.82. The highest BCUT2D eigenvalue weighted by molar-refractivity contribution is 7.98. The molecule has 0 aliphatic rings. The molecule has 2 aromatic rings. The predicted molar refractivity (Wildman–Crippen MR) is 131 cm³/mol. The van der Waals surface area contributed by atoms with Gasteiger partial charge in [-0.3, -0.25) is 9.59 Å². The van der Waals surface area contributed by atoms with Gasteiger partial charge >= 0.3 is 5.97 Å². The maximum Gasteiger partial charge on any atom is 0.326 e. The summed E-state index contributed by atoms with van der Waals surface area (Å²) in [6, 6.07) is 14.1. The van der Waals surface area contributed by atoms with Gasteiger partial charge < -0.3 is 20.5 Å². The van der Waals surface area contributed by atoms with Crippen LogP contribution in [0.25, 0.3) is 0 Å². The van der Waals surface area contributed by atoms with E-state index in [1.807, 2.05) is 36.6 Å². The number of hydrogen-bond acceptors (Lipinski definition) is 5. The van der Waals surface area contributed by atoms with Gasteiger partial charge in [0.2, 0.25) is 5.91 Å². The Bertz CT molecular complexity index is 889. The first-order chi connectivity index (χ1) is 15.9. The monoisotopic (exact) mass is 472 g/mol. The molecule has 0 aromatic heterocycles. The molecule has 0 saturated carbocycles. The molecule has 0 spiro atoms. The summed E-state index contributed by atoms with van der Waals surface area (Å²) in [4.78, 5) is 37.4. The summed E-state index contributed by atoms with van der Waals surface area (Å²) in [6.07, 6.45) is 4.40. The van der Waals surface area contributed by atoms with E-state index in [0.29, 0.717) is 30.1 Å². The lowest BCUT2D eigenvalue weighted by Crippen LogP contribution is -2.52. The summed E-state index contributed by atoms with van der Waals surface area (Å²) in [5, 5.41) is 14.8. The highest BCUT2D eigenvalue weighted by Gasteiger charge is 2.27. The first kappa shape index (κ1) is 26.3. The van der Waals surface area contributed by atoms with Gasteiger partial charge in [0.25, 0.3) is 5.91 Å². The number of amides is 2. The van der Waals surface area contributed by atoms with Crippen LogP contribution in [0.5, 0.6) is 5.75 Å². The van der Waals surface area contributed by atoms with Crippen LogP contribution in [-0.4, -0.2) is 53.6 Å². The van der Waals surface area contributed by atoms with Gasteiger partial charge in [0, 0.05) is 12.0 Å². The number of rotatable bonds is 14. The van der Waals surface area contributed by atoms with Gasteiger partial charge in [0.15, 0.2) is 0 Å². The number of carbonyl (C=O) groups is 3. The number of unbranched alkanes of at least 4 members (excludes halogenated alkanes) is 1. The van der Waals surface area contributed by atoms with Crippen molar-refractivity contribution in [3.05, 3.63) is 65.7 Å². The van der Waals surface area contributed by atoms with Crippen LogP contribution in [0.15, 0.2) is 54.6 Å². The van der Waals surface area contributed by atoms with E-state index in [1.54, 1.807) is 24.3 Å². The van der Waals surface area contributed by atoms with Gasteiger partial charge in [0.1, 0.15) is 17.8 Å². The van der Waals surface area contributed by atoms with Crippen molar-refractivity contribution in [3.8, 4) is 5.75 Å². The maximum absolute atomic E-state index is 13.0. The smallest absolute Gasteiger partial charge is 0.326 e. The number of carboxylic acids is 1. The first-order valence-corrected chi connectivity index (χ1v) is 12.4. The number of ether oxygens (including phenoxy) is 1. The van der Waals surface area contributed by atoms with Crippen LogP contribution in [0.4, 0.5) is 0 Å². The number of aliphatic carboxylic acids is 1.